The summed E-state index contributed by atoms with van der Waals surface area (Å²) >= 11 is 2.97. The predicted molar refractivity (Wildman–Crippen MR) is 26.1 cm³/mol. The predicted octanol–water partition coefficient (Wildman–Crippen LogP) is -0.149. The molecule has 0 aromatic heterocycles. The summed E-state index contributed by atoms with van der Waals surface area (Å²) in [6.07, 6.45) is -1.80. The molecule has 0 aliphatic rings. The molecule has 9 heavy (non-hydrogen) atoms. The van der Waals surface area contributed by atoms with Crippen LogP contribution in [0, 0.1) is 10.1 Å². The van der Waals surface area contributed by atoms with Gasteiger partial charge in [-0.15, -0.1) is 0 Å². The molecule has 0 fully saturated rings. The van der Waals surface area contributed by atoms with Crippen LogP contribution in [0.4, 0.5) is 4.79 Å². The summed E-state index contributed by atoms with van der Waals surface area (Å²) in [5.74, 6) is 0. The SMILES string of the molecule is O=C(ON(O)S)[N+](=O)[O-]. The maximum Gasteiger partial charge on any atom is 0.679 e. The molecule has 0 aliphatic carbocycles. The molecule has 0 rings (SSSR count). The van der Waals surface area contributed by atoms with Crippen molar-refractivity contribution in [2.45, 2.75) is 0 Å². The van der Waals surface area contributed by atoms with Crippen molar-refractivity contribution < 1.29 is 19.8 Å². The molecule has 0 radical (unpaired) electrons. The van der Waals surface area contributed by atoms with Crippen molar-refractivity contribution in [2.24, 2.45) is 0 Å². The Balaban J connectivity index is 3.65. The lowest BCUT2D eigenvalue weighted by atomic mass is 11.3. The van der Waals surface area contributed by atoms with Crippen LogP contribution >= 0.6 is 12.8 Å². The van der Waals surface area contributed by atoms with Gasteiger partial charge >= 0.3 is 6.09 Å². The Kier molecular flexibility index (Phi) is 2.91. The largest absolute Gasteiger partial charge is 0.679 e. The quantitative estimate of drug-likeness (QED) is 0.310. The van der Waals surface area contributed by atoms with E-state index in [1.165, 1.54) is 0 Å². The summed E-state index contributed by atoms with van der Waals surface area (Å²) in [5.41, 5.74) is 0. The van der Waals surface area contributed by atoms with Gasteiger partial charge in [0, 0.05) is 4.63 Å². The number of carbonyl (C=O) groups excluding carboxylic acids is 1. The fourth-order valence-corrected chi connectivity index (χ4v) is 0.173. The van der Waals surface area contributed by atoms with Gasteiger partial charge in [-0.25, -0.2) is 0 Å². The van der Waals surface area contributed by atoms with E-state index in [0.29, 0.717) is 0 Å². The van der Waals surface area contributed by atoms with Gasteiger partial charge in [0.05, 0.1) is 0 Å². The van der Waals surface area contributed by atoms with Gasteiger partial charge in [0.2, 0.25) is 0 Å². The zero-order valence-electron chi connectivity index (χ0n) is 3.92. The Labute approximate surface area is 54.4 Å². The number of thiol groups is 1. The van der Waals surface area contributed by atoms with E-state index in [0.717, 1.165) is 0 Å². The second-order valence-electron chi connectivity index (χ2n) is 0.867. The molecule has 0 unspecified atom stereocenters. The summed E-state index contributed by atoms with van der Waals surface area (Å²) in [7, 11) is 0. The lowest BCUT2D eigenvalue weighted by molar-refractivity contribution is -0.421. The molecule has 1 amide bonds. The number of hydrogen-bond donors (Lipinski definition) is 2. The normalized spacial score (nSPS) is 9.22. The van der Waals surface area contributed by atoms with Gasteiger partial charge in [-0.1, -0.05) is 0 Å². The highest BCUT2D eigenvalue weighted by molar-refractivity contribution is 7.77. The third kappa shape index (κ3) is 3.70. The van der Waals surface area contributed by atoms with Crippen LogP contribution in [0.5, 0.6) is 0 Å². The fourth-order valence-electron chi connectivity index (χ4n) is 0.103. The van der Waals surface area contributed by atoms with E-state index < -0.39 is 11.0 Å². The first-order chi connectivity index (χ1) is 4.04. The maximum absolute atomic E-state index is 9.78. The Morgan fingerprint density at radius 2 is 2.33 bits per heavy atom. The summed E-state index contributed by atoms with van der Waals surface area (Å²) in [6, 6.07) is 0. The highest BCUT2D eigenvalue weighted by atomic mass is 32.1. The van der Waals surface area contributed by atoms with Crippen molar-refractivity contribution >= 4 is 18.9 Å². The van der Waals surface area contributed by atoms with E-state index in [-0.39, 0.29) is 4.63 Å². The molecule has 0 aromatic carbocycles. The summed E-state index contributed by atoms with van der Waals surface area (Å²) in [4.78, 5) is 21.3. The van der Waals surface area contributed by atoms with E-state index in [1.807, 2.05) is 0 Å². The Hall–Kier alpha value is -0.860. The number of hydrogen-bond acceptors (Lipinski definition) is 7. The fraction of sp³-hybridized carbons (Fsp3) is 0. The molecule has 0 saturated heterocycles. The second-order valence-corrected chi connectivity index (χ2v) is 1.21. The van der Waals surface area contributed by atoms with Crippen LogP contribution in [0.1, 0.15) is 0 Å². The van der Waals surface area contributed by atoms with E-state index in [2.05, 4.69) is 17.7 Å². The summed E-state index contributed by atoms with van der Waals surface area (Å²) < 4.78 is -0.356. The molecule has 8 heteroatoms. The van der Waals surface area contributed by atoms with Gasteiger partial charge in [-0.2, -0.15) is 4.79 Å². The number of rotatable bonds is 1. The lowest BCUT2D eigenvalue weighted by Gasteiger charge is -1.98. The average Bonchev–Trinajstić information content (AvgIpc) is 1.63. The van der Waals surface area contributed by atoms with Gasteiger partial charge in [-0.3, -0.25) is 20.2 Å². The van der Waals surface area contributed by atoms with Crippen LogP contribution < -0.4 is 0 Å². The van der Waals surface area contributed by atoms with E-state index in [9.17, 15) is 14.9 Å². The van der Waals surface area contributed by atoms with Crippen molar-refractivity contribution in [3.05, 3.63) is 10.1 Å². The highest BCUT2D eigenvalue weighted by Crippen LogP contribution is 1.89. The van der Waals surface area contributed by atoms with Gasteiger partial charge in [-0.05, 0) is 12.8 Å². The zero-order chi connectivity index (χ0) is 7.44. The van der Waals surface area contributed by atoms with E-state index in [4.69, 9.17) is 5.21 Å². The maximum atomic E-state index is 9.78. The van der Waals surface area contributed by atoms with Crippen molar-refractivity contribution in [1.82, 2.24) is 4.63 Å². The van der Waals surface area contributed by atoms with Gasteiger partial charge < -0.3 is 0 Å². The third-order valence-corrected chi connectivity index (χ3v) is 0.390. The average molecular weight is 154 g/mol. The Bertz CT molecular complexity index is 133. The Morgan fingerprint density at radius 1 is 1.89 bits per heavy atom. The molecule has 52 valence electrons. The smallest absolute Gasteiger partial charge is 0.271 e. The van der Waals surface area contributed by atoms with Crippen LogP contribution in [-0.2, 0) is 4.84 Å². The molecule has 1 N–H and O–H groups in total. The molecule has 0 heterocycles. The molecule has 0 bridgehead atoms. The molecular weight excluding hydrogens is 152 g/mol. The van der Waals surface area contributed by atoms with Gasteiger partial charge in [0.1, 0.15) is 4.92 Å². The number of nitro groups is 1. The first kappa shape index (κ1) is 8.14. The minimum absolute atomic E-state index is 0.356. The van der Waals surface area contributed by atoms with Crippen LogP contribution in [0.3, 0.4) is 0 Å². The Morgan fingerprint density at radius 3 is 2.44 bits per heavy atom. The van der Waals surface area contributed by atoms with Crippen LogP contribution in [0.15, 0.2) is 0 Å². The molecule has 0 saturated carbocycles. The van der Waals surface area contributed by atoms with Crippen LogP contribution in [-0.4, -0.2) is 20.9 Å². The number of amides is 1. The third-order valence-electron chi connectivity index (χ3n) is 0.309. The minimum Gasteiger partial charge on any atom is -0.271 e. The van der Waals surface area contributed by atoms with Crippen molar-refractivity contribution in [1.29, 1.82) is 0 Å². The molecule has 0 spiro atoms. The first-order valence-corrected chi connectivity index (χ1v) is 1.98. The van der Waals surface area contributed by atoms with Gasteiger partial charge in [0.25, 0.3) is 0 Å². The summed E-state index contributed by atoms with van der Waals surface area (Å²) in [5, 5.41) is 17.3. The van der Waals surface area contributed by atoms with Gasteiger partial charge in [0.15, 0.2) is 0 Å². The number of nitrogens with zero attached hydrogens (tertiary/aromatic N) is 2. The zero-order valence-corrected chi connectivity index (χ0v) is 4.82. The number of carbonyl (C=O) groups is 1. The summed E-state index contributed by atoms with van der Waals surface area (Å²) in [6.45, 7) is 0. The second kappa shape index (κ2) is 3.22. The topological polar surface area (TPSA) is 92.9 Å². The lowest BCUT2D eigenvalue weighted by Crippen LogP contribution is -2.19. The molecule has 0 aromatic rings. The van der Waals surface area contributed by atoms with E-state index >= 15 is 0 Å². The molecular formula is CH2N2O5S. The molecule has 0 atom stereocenters. The highest BCUT2D eigenvalue weighted by Gasteiger charge is 2.19. The van der Waals surface area contributed by atoms with Crippen molar-refractivity contribution in [3.63, 3.8) is 0 Å². The standard InChI is InChI=1S/CH2N2O5S/c4-1(2(5)6)8-3(7)9/h7,9H. The van der Waals surface area contributed by atoms with Crippen molar-refractivity contribution in [3.8, 4) is 0 Å². The minimum atomic E-state index is -1.80. The van der Waals surface area contributed by atoms with E-state index in [1.54, 1.807) is 0 Å². The molecule has 7 nitrogen and oxygen atoms in total. The molecule has 0 aliphatic heterocycles. The van der Waals surface area contributed by atoms with Crippen molar-refractivity contribution in [2.75, 3.05) is 0 Å². The van der Waals surface area contributed by atoms with Crippen LogP contribution in [0.25, 0.3) is 0 Å². The van der Waals surface area contributed by atoms with Crippen LogP contribution in [0.2, 0.25) is 0 Å². The first-order valence-electron chi connectivity index (χ1n) is 1.58. The monoisotopic (exact) mass is 154 g/mol.